The van der Waals surface area contributed by atoms with Gasteiger partial charge in [-0.2, -0.15) is 0 Å². The van der Waals surface area contributed by atoms with E-state index in [9.17, 15) is 9.59 Å². The molecule has 116 valence electrons. The highest BCUT2D eigenvalue weighted by atomic mass is 16.5. The number of anilines is 1. The summed E-state index contributed by atoms with van der Waals surface area (Å²) in [6, 6.07) is 7.51. The number of carbonyl (C=O) groups excluding carboxylic acids is 2. The fraction of sp³-hybridized carbons (Fsp3) is 0.500. The first kappa shape index (κ1) is 17.0. The third kappa shape index (κ3) is 7.97. The first-order valence-corrected chi connectivity index (χ1v) is 7.39. The van der Waals surface area contributed by atoms with E-state index in [1.807, 2.05) is 24.3 Å². The second kappa shape index (κ2) is 9.80. The lowest BCUT2D eigenvalue weighted by Gasteiger charge is -2.09. The van der Waals surface area contributed by atoms with Crippen LogP contribution < -0.4 is 10.6 Å². The Hall–Kier alpha value is -2.04. The van der Waals surface area contributed by atoms with E-state index in [0.717, 1.165) is 36.9 Å². The SMILES string of the molecule is CCCCNC(=O)Nc1cccc(CCCOC(C)=O)c1. The predicted octanol–water partition coefficient (Wildman–Crippen LogP) is 3.10. The molecule has 0 bridgehead atoms. The molecule has 1 aromatic carbocycles. The van der Waals surface area contributed by atoms with Gasteiger partial charge in [0, 0.05) is 19.2 Å². The summed E-state index contributed by atoms with van der Waals surface area (Å²) in [7, 11) is 0. The number of urea groups is 1. The number of carbonyl (C=O) groups is 2. The van der Waals surface area contributed by atoms with Gasteiger partial charge in [0.1, 0.15) is 0 Å². The highest BCUT2D eigenvalue weighted by Gasteiger charge is 2.02. The number of esters is 1. The monoisotopic (exact) mass is 292 g/mol. The first-order chi connectivity index (χ1) is 10.1. The maximum Gasteiger partial charge on any atom is 0.319 e. The van der Waals surface area contributed by atoms with Crippen molar-refractivity contribution in [1.82, 2.24) is 5.32 Å². The summed E-state index contributed by atoms with van der Waals surface area (Å²) in [5.74, 6) is -0.255. The Labute approximate surface area is 126 Å². The average molecular weight is 292 g/mol. The molecule has 0 aliphatic rings. The number of rotatable bonds is 8. The van der Waals surface area contributed by atoms with Gasteiger partial charge in [-0.1, -0.05) is 25.5 Å². The Bertz CT molecular complexity index is 461. The molecule has 0 saturated heterocycles. The van der Waals surface area contributed by atoms with Crippen LogP contribution in [-0.2, 0) is 16.0 Å². The minimum Gasteiger partial charge on any atom is -0.466 e. The van der Waals surface area contributed by atoms with Crippen molar-refractivity contribution in [3.05, 3.63) is 29.8 Å². The Balaban J connectivity index is 2.37. The summed E-state index contributed by atoms with van der Waals surface area (Å²) in [5.41, 5.74) is 1.88. The molecule has 0 unspecified atom stereocenters. The van der Waals surface area contributed by atoms with E-state index in [1.165, 1.54) is 6.92 Å². The zero-order valence-corrected chi connectivity index (χ0v) is 12.8. The van der Waals surface area contributed by atoms with E-state index in [-0.39, 0.29) is 12.0 Å². The van der Waals surface area contributed by atoms with Gasteiger partial charge in [-0.3, -0.25) is 4.79 Å². The van der Waals surface area contributed by atoms with Gasteiger partial charge in [0.05, 0.1) is 6.61 Å². The van der Waals surface area contributed by atoms with Crippen LogP contribution in [0.4, 0.5) is 10.5 Å². The Morgan fingerprint density at radius 2 is 2.05 bits per heavy atom. The lowest BCUT2D eigenvalue weighted by molar-refractivity contribution is -0.141. The van der Waals surface area contributed by atoms with Gasteiger partial charge in [0.2, 0.25) is 0 Å². The van der Waals surface area contributed by atoms with Crippen LogP contribution in [-0.4, -0.2) is 25.2 Å². The molecule has 2 amide bonds. The number of benzene rings is 1. The van der Waals surface area contributed by atoms with Crippen LogP contribution in [0.2, 0.25) is 0 Å². The lowest BCUT2D eigenvalue weighted by atomic mass is 10.1. The average Bonchev–Trinajstić information content (AvgIpc) is 2.44. The van der Waals surface area contributed by atoms with Gasteiger partial charge in [0.15, 0.2) is 0 Å². The third-order valence-corrected chi connectivity index (χ3v) is 2.92. The van der Waals surface area contributed by atoms with Crippen LogP contribution in [0.15, 0.2) is 24.3 Å². The van der Waals surface area contributed by atoms with Gasteiger partial charge >= 0.3 is 12.0 Å². The molecule has 0 aliphatic carbocycles. The van der Waals surface area contributed by atoms with Crippen LogP contribution in [0, 0.1) is 0 Å². The number of amides is 2. The number of hydrogen-bond acceptors (Lipinski definition) is 3. The Morgan fingerprint density at radius 1 is 1.24 bits per heavy atom. The molecular formula is C16H24N2O3. The normalized spacial score (nSPS) is 10.0. The predicted molar refractivity (Wildman–Crippen MR) is 83.3 cm³/mol. The smallest absolute Gasteiger partial charge is 0.319 e. The lowest BCUT2D eigenvalue weighted by Crippen LogP contribution is -2.29. The van der Waals surface area contributed by atoms with Crippen LogP contribution in [0.25, 0.3) is 0 Å². The van der Waals surface area contributed by atoms with Gasteiger partial charge < -0.3 is 15.4 Å². The van der Waals surface area contributed by atoms with Crippen molar-refractivity contribution in [1.29, 1.82) is 0 Å². The zero-order chi connectivity index (χ0) is 15.5. The van der Waals surface area contributed by atoms with Crippen LogP contribution in [0.3, 0.4) is 0 Å². The molecule has 21 heavy (non-hydrogen) atoms. The summed E-state index contributed by atoms with van der Waals surface area (Å²) in [6.07, 6.45) is 3.60. The van der Waals surface area contributed by atoms with Gasteiger partial charge in [-0.15, -0.1) is 0 Å². The molecule has 0 radical (unpaired) electrons. The van der Waals surface area contributed by atoms with Crippen LogP contribution >= 0.6 is 0 Å². The van der Waals surface area contributed by atoms with Crippen molar-refractivity contribution in [2.24, 2.45) is 0 Å². The second-order valence-electron chi connectivity index (χ2n) is 4.88. The van der Waals surface area contributed by atoms with E-state index < -0.39 is 0 Å². The molecule has 1 aromatic rings. The Morgan fingerprint density at radius 3 is 2.76 bits per heavy atom. The molecule has 0 fully saturated rings. The molecule has 5 nitrogen and oxygen atoms in total. The topological polar surface area (TPSA) is 67.4 Å². The van der Waals surface area contributed by atoms with Crippen molar-refractivity contribution in [3.63, 3.8) is 0 Å². The molecule has 1 rings (SSSR count). The number of aryl methyl sites for hydroxylation is 1. The van der Waals surface area contributed by atoms with Crippen LogP contribution in [0.5, 0.6) is 0 Å². The third-order valence-electron chi connectivity index (χ3n) is 2.92. The fourth-order valence-electron chi connectivity index (χ4n) is 1.85. The molecule has 5 heteroatoms. The highest BCUT2D eigenvalue weighted by molar-refractivity contribution is 5.89. The van der Waals surface area contributed by atoms with Crippen LogP contribution in [0.1, 0.15) is 38.7 Å². The number of unbranched alkanes of at least 4 members (excludes halogenated alkanes) is 1. The maximum atomic E-state index is 11.7. The van der Waals surface area contributed by atoms with Gasteiger partial charge in [-0.05, 0) is 37.0 Å². The summed E-state index contributed by atoms with van der Waals surface area (Å²) in [4.78, 5) is 22.3. The maximum absolute atomic E-state index is 11.7. The minimum atomic E-state index is -0.255. The van der Waals surface area contributed by atoms with Gasteiger partial charge in [-0.25, -0.2) is 4.79 Å². The molecule has 0 heterocycles. The molecular weight excluding hydrogens is 268 g/mol. The van der Waals surface area contributed by atoms with Crippen molar-refractivity contribution in [3.8, 4) is 0 Å². The Kier molecular flexibility index (Phi) is 7.94. The quantitative estimate of drug-likeness (QED) is 0.571. The molecule has 0 aromatic heterocycles. The number of hydrogen-bond donors (Lipinski definition) is 2. The molecule has 0 spiro atoms. The highest BCUT2D eigenvalue weighted by Crippen LogP contribution is 2.12. The van der Waals surface area contributed by atoms with Crippen molar-refractivity contribution >= 4 is 17.7 Å². The van der Waals surface area contributed by atoms with Crippen molar-refractivity contribution in [2.75, 3.05) is 18.5 Å². The number of ether oxygens (including phenoxy) is 1. The summed E-state index contributed by atoms with van der Waals surface area (Å²) in [6.45, 7) is 4.59. The van der Waals surface area contributed by atoms with Crippen molar-refractivity contribution < 1.29 is 14.3 Å². The largest absolute Gasteiger partial charge is 0.466 e. The summed E-state index contributed by atoms with van der Waals surface area (Å²) in [5, 5.41) is 5.62. The number of nitrogens with one attached hydrogen (secondary N) is 2. The molecule has 0 atom stereocenters. The fourth-order valence-corrected chi connectivity index (χ4v) is 1.85. The summed E-state index contributed by atoms with van der Waals surface area (Å²) < 4.78 is 4.89. The van der Waals surface area contributed by atoms with E-state index >= 15 is 0 Å². The first-order valence-electron chi connectivity index (χ1n) is 7.39. The van der Waals surface area contributed by atoms with Crippen molar-refractivity contribution in [2.45, 2.75) is 39.5 Å². The summed E-state index contributed by atoms with van der Waals surface area (Å²) >= 11 is 0. The van der Waals surface area contributed by atoms with E-state index in [1.54, 1.807) is 0 Å². The molecule has 0 saturated carbocycles. The van der Waals surface area contributed by atoms with Gasteiger partial charge in [0.25, 0.3) is 0 Å². The second-order valence-corrected chi connectivity index (χ2v) is 4.88. The zero-order valence-electron chi connectivity index (χ0n) is 12.8. The van der Waals surface area contributed by atoms with E-state index in [4.69, 9.17) is 4.74 Å². The standard InChI is InChI=1S/C16H24N2O3/c1-3-4-10-17-16(20)18-15-9-5-7-14(12-15)8-6-11-21-13(2)19/h5,7,9,12H,3-4,6,8,10-11H2,1-2H3,(H2,17,18,20). The van der Waals surface area contributed by atoms with E-state index in [2.05, 4.69) is 17.6 Å². The van der Waals surface area contributed by atoms with E-state index in [0.29, 0.717) is 13.2 Å². The molecule has 2 N–H and O–H groups in total. The molecule has 0 aliphatic heterocycles. The minimum absolute atomic E-state index is 0.180.